The Morgan fingerprint density at radius 3 is 3.21 bits per heavy atom. The van der Waals surface area contributed by atoms with E-state index in [9.17, 15) is 0 Å². The number of hydrogen-bond donors (Lipinski definition) is 1. The van der Waals surface area contributed by atoms with Crippen LogP contribution in [0.4, 0.5) is 0 Å². The lowest BCUT2D eigenvalue weighted by Crippen LogP contribution is -2.08. The van der Waals surface area contributed by atoms with E-state index in [1.807, 2.05) is 11.4 Å². The smallest absolute Gasteiger partial charge is 0.248 e. The molecule has 0 saturated carbocycles. The number of oxazole rings is 1. The van der Waals surface area contributed by atoms with Crippen molar-refractivity contribution in [3.8, 4) is 11.6 Å². The first-order valence-corrected chi connectivity index (χ1v) is 4.85. The molecule has 0 radical (unpaired) electrons. The maximum Gasteiger partial charge on any atom is 0.248 e. The molecule has 0 unspecified atom stereocenters. The number of nitrogens with two attached hydrogens (primary N) is 1. The maximum absolute atomic E-state index is 5.67. The zero-order chi connectivity index (χ0) is 9.54. The van der Waals surface area contributed by atoms with E-state index in [0.29, 0.717) is 11.6 Å². The third kappa shape index (κ3) is 0.882. The maximum atomic E-state index is 5.67. The summed E-state index contributed by atoms with van der Waals surface area (Å²) >= 11 is 1.57. The molecule has 6 heteroatoms. The lowest BCUT2D eigenvalue weighted by Gasteiger charge is -1.87. The lowest BCUT2D eigenvalue weighted by atomic mass is 10.4. The SMILES string of the molecule is Nn1nc(-c2ncco2)c2sccc21. The number of thiophene rings is 1. The standard InChI is InChI=1S/C8H6N4OS/c9-12-5-1-4-14-7(5)6(11-12)8-10-2-3-13-8/h1-4H,9H2. The van der Waals surface area contributed by atoms with Gasteiger partial charge in [0.2, 0.25) is 5.89 Å². The third-order valence-corrected chi connectivity index (χ3v) is 2.86. The topological polar surface area (TPSA) is 69.9 Å². The summed E-state index contributed by atoms with van der Waals surface area (Å²) in [7, 11) is 0. The van der Waals surface area contributed by atoms with Crippen molar-refractivity contribution in [1.29, 1.82) is 0 Å². The number of nitrogen functional groups attached to an aromatic ring is 1. The second-order valence-corrected chi connectivity index (χ2v) is 3.68. The third-order valence-electron chi connectivity index (χ3n) is 1.95. The van der Waals surface area contributed by atoms with Gasteiger partial charge in [0, 0.05) is 0 Å². The molecule has 0 aliphatic carbocycles. The fourth-order valence-corrected chi connectivity index (χ4v) is 2.20. The highest BCUT2D eigenvalue weighted by Crippen LogP contribution is 2.29. The second kappa shape index (κ2) is 2.58. The average molecular weight is 206 g/mol. The van der Waals surface area contributed by atoms with Gasteiger partial charge in [-0.15, -0.1) is 16.4 Å². The number of aromatic nitrogens is 3. The Balaban J connectivity index is 2.36. The molecule has 0 spiro atoms. The summed E-state index contributed by atoms with van der Waals surface area (Å²) < 4.78 is 6.17. The van der Waals surface area contributed by atoms with Crippen LogP contribution in [-0.4, -0.2) is 14.9 Å². The monoisotopic (exact) mass is 206 g/mol. The minimum absolute atomic E-state index is 0.502. The van der Waals surface area contributed by atoms with E-state index in [1.165, 1.54) is 11.1 Å². The summed E-state index contributed by atoms with van der Waals surface area (Å²) in [6.45, 7) is 0. The zero-order valence-electron chi connectivity index (χ0n) is 7.04. The van der Waals surface area contributed by atoms with E-state index >= 15 is 0 Å². The van der Waals surface area contributed by atoms with E-state index in [0.717, 1.165) is 10.2 Å². The summed E-state index contributed by atoms with van der Waals surface area (Å²) in [6.07, 6.45) is 3.11. The molecule has 3 rings (SSSR count). The van der Waals surface area contributed by atoms with Gasteiger partial charge in [-0.1, -0.05) is 0 Å². The van der Waals surface area contributed by atoms with Crippen LogP contribution in [0.3, 0.4) is 0 Å². The van der Waals surface area contributed by atoms with Crippen LogP contribution >= 0.6 is 11.3 Å². The highest BCUT2D eigenvalue weighted by atomic mass is 32.1. The molecule has 3 aromatic rings. The molecular weight excluding hydrogens is 200 g/mol. The fraction of sp³-hybridized carbons (Fsp3) is 0. The summed E-state index contributed by atoms with van der Waals surface area (Å²) in [6, 6.07) is 1.92. The predicted octanol–water partition coefficient (Wildman–Crippen LogP) is 1.47. The highest BCUT2D eigenvalue weighted by molar-refractivity contribution is 7.17. The largest absolute Gasteiger partial charge is 0.443 e. The normalized spacial score (nSPS) is 11.1. The minimum Gasteiger partial charge on any atom is -0.443 e. The van der Waals surface area contributed by atoms with Crippen LogP contribution in [-0.2, 0) is 0 Å². The Kier molecular flexibility index (Phi) is 1.40. The Morgan fingerprint density at radius 2 is 2.43 bits per heavy atom. The van der Waals surface area contributed by atoms with Crippen molar-refractivity contribution in [2.75, 3.05) is 5.84 Å². The van der Waals surface area contributed by atoms with Crippen molar-refractivity contribution in [3.05, 3.63) is 23.9 Å². The van der Waals surface area contributed by atoms with Crippen molar-refractivity contribution in [2.24, 2.45) is 0 Å². The number of hydrogen-bond acceptors (Lipinski definition) is 5. The van der Waals surface area contributed by atoms with Gasteiger partial charge in [-0.3, -0.25) is 0 Å². The molecule has 5 nitrogen and oxygen atoms in total. The molecular formula is C8H6N4OS. The quantitative estimate of drug-likeness (QED) is 0.612. The van der Waals surface area contributed by atoms with Crippen LogP contribution in [0.25, 0.3) is 21.8 Å². The van der Waals surface area contributed by atoms with Gasteiger partial charge in [0.15, 0.2) is 5.69 Å². The highest BCUT2D eigenvalue weighted by Gasteiger charge is 2.15. The molecule has 0 aromatic carbocycles. The van der Waals surface area contributed by atoms with E-state index in [1.54, 1.807) is 17.5 Å². The van der Waals surface area contributed by atoms with E-state index in [4.69, 9.17) is 10.3 Å². The Hall–Kier alpha value is -1.82. The number of nitrogens with zero attached hydrogens (tertiary/aromatic N) is 3. The Bertz CT molecular complexity index is 565. The summed E-state index contributed by atoms with van der Waals surface area (Å²) in [4.78, 5) is 5.38. The molecule has 0 amide bonds. The first-order chi connectivity index (χ1) is 6.86. The van der Waals surface area contributed by atoms with Crippen molar-refractivity contribution in [2.45, 2.75) is 0 Å². The summed E-state index contributed by atoms with van der Waals surface area (Å²) in [5.74, 6) is 6.17. The van der Waals surface area contributed by atoms with Gasteiger partial charge in [-0.25, -0.2) is 4.98 Å². The molecule has 0 bridgehead atoms. The molecule has 0 aliphatic heterocycles. The van der Waals surface area contributed by atoms with Crippen LogP contribution in [0.5, 0.6) is 0 Å². The van der Waals surface area contributed by atoms with Crippen molar-refractivity contribution in [1.82, 2.24) is 14.9 Å². The molecule has 0 fully saturated rings. The molecule has 0 aliphatic rings. The van der Waals surface area contributed by atoms with Gasteiger partial charge in [-0.05, 0) is 11.4 Å². The number of rotatable bonds is 1. The molecule has 0 saturated heterocycles. The van der Waals surface area contributed by atoms with Gasteiger partial charge < -0.3 is 10.3 Å². The predicted molar refractivity (Wildman–Crippen MR) is 53.3 cm³/mol. The van der Waals surface area contributed by atoms with Gasteiger partial charge in [0.1, 0.15) is 11.8 Å². The molecule has 3 heterocycles. The Labute approximate surface area is 82.7 Å². The van der Waals surface area contributed by atoms with Gasteiger partial charge >= 0.3 is 0 Å². The molecule has 14 heavy (non-hydrogen) atoms. The van der Waals surface area contributed by atoms with Crippen LogP contribution < -0.4 is 5.84 Å². The van der Waals surface area contributed by atoms with Gasteiger partial charge in [0.05, 0.1) is 10.9 Å². The summed E-state index contributed by atoms with van der Waals surface area (Å²) in [5.41, 5.74) is 1.59. The average Bonchev–Trinajstić information content (AvgIpc) is 2.84. The molecule has 2 N–H and O–H groups in total. The van der Waals surface area contributed by atoms with Crippen LogP contribution in [0, 0.1) is 0 Å². The summed E-state index contributed by atoms with van der Waals surface area (Å²) in [5, 5.41) is 6.10. The van der Waals surface area contributed by atoms with E-state index in [2.05, 4.69) is 10.1 Å². The van der Waals surface area contributed by atoms with Crippen molar-refractivity contribution >= 4 is 21.6 Å². The lowest BCUT2D eigenvalue weighted by molar-refractivity contribution is 0.571. The molecule has 3 aromatic heterocycles. The molecule has 70 valence electrons. The number of fused-ring (bicyclic) bond motifs is 1. The van der Waals surface area contributed by atoms with Crippen molar-refractivity contribution in [3.63, 3.8) is 0 Å². The first kappa shape index (κ1) is 7.57. The Morgan fingerprint density at radius 1 is 1.50 bits per heavy atom. The molecule has 0 atom stereocenters. The minimum atomic E-state index is 0.502. The second-order valence-electron chi connectivity index (χ2n) is 2.77. The van der Waals surface area contributed by atoms with E-state index < -0.39 is 0 Å². The first-order valence-electron chi connectivity index (χ1n) is 3.97. The van der Waals surface area contributed by atoms with Crippen LogP contribution in [0.1, 0.15) is 0 Å². The van der Waals surface area contributed by atoms with Gasteiger partial charge in [0.25, 0.3) is 0 Å². The van der Waals surface area contributed by atoms with Crippen molar-refractivity contribution < 1.29 is 4.42 Å². The van der Waals surface area contributed by atoms with Crippen LogP contribution in [0.15, 0.2) is 28.3 Å². The van der Waals surface area contributed by atoms with Gasteiger partial charge in [-0.2, -0.15) is 4.79 Å². The zero-order valence-corrected chi connectivity index (χ0v) is 7.86. The fourth-order valence-electron chi connectivity index (χ4n) is 1.35. The van der Waals surface area contributed by atoms with Crippen LogP contribution in [0.2, 0.25) is 0 Å². The van der Waals surface area contributed by atoms with E-state index in [-0.39, 0.29) is 0 Å².